The van der Waals surface area contributed by atoms with Gasteiger partial charge in [-0.3, -0.25) is 4.98 Å². The van der Waals surface area contributed by atoms with Crippen LogP contribution in [0.15, 0.2) is 16.0 Å². The van der Waals surface area contributed by atoms with Gasteiger partial charge in [0, 0.05) is 24.9 Å². The molecule has 1 aliphatic heterocycles. The van der Waals surface area contributed by atoms with Crippen molar-refractivity contribution in [3.63, 3.8) is 0 Å². The summed E-state index contributed by atoms with van der Waals surface area (Å²) in [6, 6.07) is 0.613. The molecule has 5 rings (SSSR count). The number of hydrogen-bond donors (Lipinski definition) is 3. The fourth-order valence-corrected chi connectivity index (χ4v) is 3.62. The molecular formula is C18H23N9O2. The van der Waals surface area contributed by atoms with Gasteiger partial charge in [-0.05, 0) is 38.9 Å². The molecule has 3 aromatic rings. The third kappa shape index (κ3) is 3.37. The monoisotopic (exact) mass is 397 g/mol. The molecule has 29 heavy (non-hydrogen) atoms. The Kier molecular flexibility index (Phi) is 4.12. The second-order valence-electron chi connectivity index (χ2n) is 7.82. The van der Waals surface area contributed by atoms with Gasteiger partial charge in [-0.1, -0.05) is 0 Å². The van der Waals surface area contributed by atoms with Gasteiger partial charge < -0.3 is 19.9 Å². The van der Waals surface area contributed by atoms with Gasteiger partial charge >= 0.3 is 5.69 Å². The predicted octanol–water partition coefficient (Wildman–Crippen LogP) is -1.40. The fourth-order valence-electron chi connectivity index (χ4n) is 3.62. The molecule has 2 fully saturated rings. The van der Waals surface area contributed by atoms with Gasteiger partial charge in [-0.2, -0.15) is 19.6 Å². The van der Waals surface area contributed by atoms with E-state index >= 15 is 0 Å². The number of H-pyrrole nitrogens is 2. The van der Waals surface area contributed by atoms with Gasteiger partial charge in [0.05, 0.1) is 12.2 Å². The average molecular weight is 397 g/mol. The Morgan fingerprint density at radius 3 is 2.79 bits per heavy atom. The minimum atomic E-state index is -0.477. The first-order valence-corrected chi connectivity index (χ1v) is 9.72. The van der Waals surface area contributed by atoms with Crippen LogP contribution in [0.25, 0.3) is 11.7 Å². The molecule has 11 nitrogen and oxygen atoms in total. The Balaban J connectivity index is 1.67. The summed E-state index contributed by atoms with van der Waals surface area (Å²) in [6.45, 7) is 2.00. The van der Waals surface area contributed by atoms with Crippen LogP contribution in [0.5, 0.6) is 5.88 Å². The number of aromatic amines is 2. The topological polar surface area (TPSA) is 131 Å². The summed E-state index contributed by atoms with van der Waals surface area (Å²) in [5, 5.41) is 14.9. The molecule has 3 aromatic heterocycles. The first kappa shape index (κ1) is 17.9. The van der Waals surface area contributed by atoms with E-state index in [0.29, 0.717) is 28.5 Å². The van der Waals surface area contributed by atoms with Crippen molar-refractivity contribution in [2.24, 2.45) is 4.99 Å². The lowest BCUT2D eigenvalue weighted by Crippen LogP contribution is -2.37. The molecule has 1 aliphatic carbocycles. The van der Waals surface area contributed by atoms with E-state index in [2.05, 4.69) is 31.9 Å². The highest BCUT2D eigenvalue weighted by atomic mass is 16.3. The molecule has 1 saturated carbocycles. The highest BCUT2D eigenvalue weighted by molar-refractivity contribution is 5.57. The van der Waals surface area contributed by atoms with Crippen LogP contribution < -0.4 is 21.4 Å². The van der Waals surface area contributed by atoms with Gasteiger partial charge in [-0.25, -0.2) is 9.79 Å². The van der Waals surface area contributed by atoms with E-state index in [4.69, 9.17) is 15.0 Å². The molecule has 1 saturated heterocycles. The van der Waals surface area contributed by atoms with Crippen molar-refractivity contribution in [1.82, 2.24) is 34.4 Å². The van der Waals surface area contributed by atoms with Crippen LogP contribution in [0.3, 0.4) is 0 Å². The summed E-state index contributed by atoms with van der Waals surface area (Å²) in [4.78, 5) is 34.8. The normalized spacial score (nSPS) is 21.5. The molecule has 4 heterocycles. The van der Waals surface area contributed by atoms with Crippen molar-refractivity contribution in [2.75, 3.05) is 32.1 Å². The van der Waals surface area contributed by atoms with Gasteiger partial charge in [0.1, 0.15) is 5.69 Å². The number of likely N-dealkylation sites (N-methyl/N-ethyl adjacent to an activating group) is 2. The number of nitrogens with zero attached hydrogens (tertiary/aromatic N) is 7. The summed E-state index contributed by atoms with van der Waals surface area (Å²) >= 11 is 0. The Morgan fingerprint density at radius 1 is 1.31 bits per heavy atom. The van der Waals surface area contributed by atoms with Crippen molar-refractivity contribution in [1.29, 1.82) is 0 Å². The van der Waals surface area contributed by atoms with E-state index < -0.39 is 5.69 Å². The van der Waals surface area contributed by atoms with Crippen LogP contribution in [0.1, 0.15) is 25.0 Å². The second-order valence-corrected chi connectivity index (χ2v) is 7.82. The van der Waals surface area contributed by atoms with Crippen LogP contribution in [0.4, 0.5) is 5.95 Å². The number of rotatable bonds is 4. The zero-order chi connectivity index (χ0) is 20.1. The number of hydrogen-bond acceptors (Lipinski definition) is 8. The van der Waals surface area contributed by atoms with Crippen LogP contribution in [-0.4, -0.2) is 78.8 Å². The molecular weight excluding hydrogens is 374 g/mol. The minimum absolute atomic E-state index is 0.224. The van der Waals surface area contributed by atoms with Crippen molar-refractivity contribution in [3.05, 3.63) is 33.2 Å². The van der Waals surface area contributed by atoms with E-state index in [1.807, 2.05) is 7.05 Å². The molecule has 0 spiro atoms. The van der Waals surface area contributed by atoms with Crippen LogP contribution in [-0.2, 0) is 0 Å². The first-order valence-electron chi connectivity index (χ1n) is 9.72. The average Bonchev–Trinajstić information content (AvgIpc) is 3.09. The maximum Gasteiger partial charge on any atom is 0.326 e. The Hall–Kier alpha value is -3.21. The molecule has 0 bridgehead atoms. The molecule has 2 aliphatic rings. The van der Waals surface area contributed by atoms with E-state index in [1.165, 1.54) is 0 Å². The maximum absolute atomic E-state index is 11.4. The SMILES string of the molecule is CN1CCC(N(C)c2nc(=NC3CC3)n3ncc(=Cc4[nH]c(=O)[nH]c4O)c3n2)C1. The summed E-state index contributed by atoms with van der Waals surface area (Å²) < 4.78 is 1.62. The molecule has 152 valence electrons. The third-order valence-corrected chi connectivity index (χ3v) is 5.48. The number of imidazole rings is 1. The Labute approximate surface area is 165 Å². The lowest BCUT2D eigenvalue weighted by Gasteiger charge is -2.24. The summed E-state index contributed by atoms with van der Waals surface area (Å²) in [5.74, 6) is 0.372. The lowest BCUT2D eigenvalue weighted by atomic mass is 10.2. The second kappa shape index (κ2) is 6.69. The molecule has 0 amide bonds. The number of nitrogens with one attached hydrogen (secondary N) is 2. The van der Waals surface area contributed by atoms with Crippen LogP contribution in [0, 0.1) is 0 Å². The highest BCUT2D eigenvalue weighted by Gasteiger charge is 2.26. The Morgan fingerprint density at radius 2 is 2.14 bits per heavy atom. The van der Waals surface area contributed by atoms with Crippen LogP contribution >= 0.6 is 0 Å². The highest BCUT2D eigenvalue weighted by Crippen LogP contribution is 2.22. The number of anilines is 1. The molecule has 1 unspecified atom stereocenters. The molecule has 3 N–H and O–H groups in total. The standard InChI is InChI=1S/C18H23N9O2/c1-25-6-5-12(9-25)26(2)16-22-14-10(7-13-15(28)23-18(29)21-13)8-19-27(14)17(24-16)20-11-3-4-11/h7-8,11-12,28H,3-6,9H2,1-2H3,(H2,21,23,29). The summed E-state index contributed by atoms with van der Waals surface area (Å²) in [5.41, 5.74) is 0.901. The van der Waals surface area contributed by atoms with Gasteiger partial charge in [-0.15, -0.1) is 0 Å². The van der Waals surface area contributed by atoms with Gasteiger partial charge in [0.2, 0.25) is 11.8 Å². The zero-order valence-electron chi connectivity index (χ0n) is 16.3. The predicted molar refractivity (Wildman–Crippen MR) is 106 cm³/mol. The van der Waals surface area contributed by atoms with E-state index in [9.17, 15) is 9.90 Å². The number of aromatic nitrogens is 6. The van der Waals surface area contributed by atoms with Gasteiger partial charge in [0.15, 0.2) is 5.65 Å². The number of fused-ring (bicyclic) bond motifs is 1. The van der Waals surface area contributed by atoms with Crippen molar-refractivity contribution < 1.29 is 5.11 Å². The molecule has 11 heteroatoms. The zero-order valence-corrected chi connectivity index (χ0v) is 16.3. The molecule has 1 atom stereocenters. The Bertz CT molecular complexity index is 1240. The molecule has 0 radical (unpaired) electrons. The fraction of sp³-hybridized carbons (Fsp3) is 0.500. The summed E-state index contributed by atoms with van der Waals surface area (Å²) in [7, 11) is 4.12. The summed E-state index contributed by atoms with van der Waals surface area (Å²) in [6.07, 6.45) is 6.43. The van der Waals surface area contributed by atoms with Crippen molar-refractivity contribution in [2.45, 2.75) is 31.3 Å². The van der Waals surface area contributed by atoms with Crippen molar-refractivity contribution in [3.8, 4) is 5.88 Å². The molecule has 0 aromatic carbocycles. The van der Waals surface area contributed by atoms with Gasteiger partial charge in [0.25, 0.3) is 5.62 Å². The number of likely N-dealkylation sites (tertiary alicyclic amines) is 1. The van der Waals surface area contributed by atoms with Crippen molar-refractivity contribution >= 4 is 17.7 Å². The van der Waals surface area contributed by atoms with E-state index in [0.717, 1.165) is 32.4 Å². The van der Waals surface area contributed by atoms with Crippen LogP contribution in [0.2, 0.25) is 0 Å². The smallest absolute Gasteiger partial charge is 0.326 e. The third-order valence-electron chi connectivity index (χ3n) is 5.48. The lowest BCUT2D eigenvalue weighted by molar-refractivity contribution is 0.409. The van der Waals surface area contributed by atoms with E-state index in [-0.39, 0.29) is 17.6 Å². The quantitative estimate of drug-likeness (QED) is 0.493. The maximum atomic E-state index is 11.4. The van der Waals surface area contributed by atoms with E-state index in [1.54, 1.807) is 16.8 Å². The minimum Gasteiger partial charge on any atom is -0.493 e. The first-order chi connectivity index (χ1) is 14.0. The largest absolute Gasteiger partial charge is 0.493 e. The number of aromatic hydroxyl groups is 1.